The van der Waals surface area contributed by atoms with Crippen LogP contribution in [0.15, 0.2) is 17.2 Å². The Balaban J connectivity index is 2.03. The van der Waals surface area contributed by atoms with Crippen LogP contribution in [0.3, 0.4) is 0 Å². The molecule has 0 fully saturated rings. The number of ether oxygens (including phenoxy) is 2. The molecule has 1 rings (SSSR count). The molecule has 0 bridgehead atoms. The van der Waals surface area contributed by atoms with Crippen molar-refractivity contribution in [1.29, 1.82) is 0 Å². The molecule has 9 heteroatoms. The van der Waals surface area contributed by atoms with Crippen LogP contribution < -0.4 is 0 Å². The van der Waals surface area contributed by atoms with Crippen LogP contribution in [0.25, 0.3) is 0 Å². The number of nitrogens with one attached hydrogen (secondary N) is 1. The molecule has 0 atom stereocenters. The molecule has 0 spiro atoms. The van der Waals surface area contributed by atoms with E-state index in [1.165, 1.54) is 12.0 Å². The third-order valence-electron chi connectivity index (χ3n) is 2.26. The topological polar surface area (TPSA) is 43.5 Å². The summed E-state index contributed by atoms with van der Waals surface area (Å²) in [7, 11) is 0. The predicted octanol–water partition coefficient (Wildman–Crippen LogP) is 3.67. The van der Waals surface area contributed by atoms with E-state index in [9.17, 15) is 13.2 Å². The summed E-state index contributed by atoms with van der Waals surface area (Å²) in [5.41, 5.74) is 0.930. The number of aromatic amines is 1. The lowest BCUT2D eigenvalue weighted by molar-refractivity contribution is -0.176. The van der Waals surface area contributed by atoms with E-state index >= 15 is 0 Å². The number of hydrogen-bond acceptors (Lipinski definition) is 5. The van der Waals surface area contributed by atoms with E-state index in [1.807, 2.05) is 13.0 Å². The van der Waals surface area contributed by atoms with Crippen molar-refractivity contribution >= 4 is 24.3 Å². The predicted molar refractivity (Wildman–Crippen MR) is 75.9 cm³/mol. The van der Waals surface area contributed by atoms with E-state index in [2.05, 4.69) is 9.72 Å². The van der Waals surface area contributed by atoms with Gasteiger partial charge in [0.1, 0.15) is 11.2 Å². The summed E-state index contributed by atoms with van der Waals surface area (Å²) >= 11 is 6.27. The number of H-pyrrole nitrogens is 1. The zero-order valence-corrected chi connectivity index (χ0v) is 13.0. The van der Waals surface area contributed by atoms with Gasteiger partial charge >= 0.3 is 6.18 Å². The van der Waals surface area contributed by atoms with Crippen LogP contribution in [0.4, 0.5) is 13.2 Å². The summed E-state index contributed by atoms with van der Waals surface area (Å²) < 4.78 is 50.7. The van der Waals surface area contributed by atoms with Crippen molar-refractivity contribution in [3.63, 3.8) is 0 Å². The number of halogens is 3. The fraction of sp³-hybridized carbons (Fsp3) is 0.583. The molecule has 120 valence electrons. The number of hydrogen-bond donors (Lipinski definition) is 1. The summed E-state index contributed by atoms with van der Waals surface area (Å²) in [6.45, 7) is 1.23. The Labute approximate surface area is 130 Å². The van der Waals surface area contributed by atoms with Gasteiger partial charge in [0.15, 0.2) is 0 Å². The third kappa shape index (κ3) is 8.42. The molecule has 1 aromatic heterocycles. The van der Waals surface area contributed by atoms with Crippen LogP contribution in [-0.4, -0.2) is 44.2 Å². The second kappa shape index (κ2) is 9.42. The lowest BCUT2D eigenvalue weighted by atomic mass is 10.3. The third-order valence-corrected chi connectivity index (χ3v) is 3.59. The van der Waals surface area contributed by atoms with Crippen molar-refractivity contribution in [2.75, 3.05) is 33.0 Å². The Bertz CT molecular complexity index is 480. The Kier molecular flexibility index (Phi) is 8.27. The van der Waals surface area contributed by atoms with Gasteiger partial charge < -0.3 is 18.6 Å². The van der Waals surface area contributed by atoms with Crippen molar-refractivity contribution in [2.45, 2.75) is 18.0 Å². The van der Waals surface area contributed by atoms with Crippen molar-refractivity contribution < 1.29 is 26.8 Å². The fourth-order valence-corrected chi connectivity index (χ4v) is 2.11. The van der Waals surface area contributed by atoms with Crippen LogP contribution in [-0.2, 0) is 13.7 Å². The molecule has 4 nitrogen and oxygen atoms in total. The molecule has 0 aliphatic rings. The van der Waals surface area contributed by atoms with Gasteiger partial charge in [-0.05, 0) is 18.6 Å². The first-order valence-electron chi connectivity index (χ1n) is 6.10. The average molecular weight is 343 g/mol. The maximum Gasteiger partial charge on any atom is 0.411 e. The van der Waals surface area contributed by atoms with Gasteiger partial charge in [0.25, 0.3) is 0 Å². The molecular weight excluding hydrogens is 327 g/mol. The maximum atomic E-state index is 11.8. The molecule has 0 saturated heterocycles. The average Bonchev–Trinajstić information content (AvgIpc) is 2.40. The highest BCUT2D eigenvalue weighted by molar-refractivity contribution is 7.94. The highest BCUT2D eigenvalue weighted by Crippen LogP contribution is 2.22. The summed E-state index contributed by atoms with van der Waals surface area (Å²) in [6.07, 6.45) is -2.57. The van der Waals surface area contributed by atoms with Crippen LogP contribution in [0.5, 0.6) is 0 Å². The van der Waals surface area contributed by atoms with Crippen LogP contribution in [0.2, 0.25) is 0 Å². The number of aromatic nitrogens is 1. The van der Waals surface area contributed by atoms with Gasteiger partial charge in [-0.15, -0.1) is 0 Å². The second-order valence-corrected chi connectivity index (χ2v) is 5.23. The fourth-order valence-electron chi connectivity index (χ4n) is 1.23. The zero-order chi connectivity index (χ0) is 15.7. The molecule has 1 N–H and O–H groups in total. The molecule has 0 aliphatic carbocycles. The minimum atomic E-state index is -4.30. The molecular formula is C12H16F3NO3S2. The molecule has 21 heavy (non-hydrogen) atoms. The van der Waals surface area contributed by atoms with E-state index in [0.29, 0.717) is 11.2 Å². The summed E-state index contributed by atoms with van der Waals surface area (Å²) in [5, 5.41) is 0. The van der Waals surface area contributed by atoms with E-state index < -0.39 is 12.8 Å². The van der Waals surface area contributed by atoms with E-state index in [1.54, 1.807) is 6.20 Å². The van der Waals surface area contributed by atoms with E-state index in [4.69, 9.17) is 21.1 Å². The van der Waals surface area contributed by atoms with Gasteiger partial charge in [-0.1, -0.05) is 12.2 Å². The van der Waals surface area contributed by atoms with Gasteiger partial charge in [-0.25, -0.2) is 0 Å². The highest BCUT2D eigenvalue weighted by atomic mass is 32.2. The van der Waals surface area contributed by atoms with Gasteiger partial charge in [-0.3, -0.25) is 0 Å². The largest absolute Gasteiger partial charge is 0.411 e. The normalized spacial score (nSPS) is 11.8. The minimum absolute atomic E-state index is 0.0970. The number of rotatable bonds is 9. The molecule has 0 radical (unpaired) electrons. The SMILES string of the molecule is Cc1c(SOCCOCCOCC(F)(F)F)cc[nH]c1=S. The quantitative estimate of drug-likeness (QED) is 0.421. The highest BCUT2D eigenvalue weighted by Gasteiger charge is 2.27. The van der Waals surface area contributed by atoms with Crippen LogP contribution in [0.1, 0.15) is 5.56 Å². The van der Waals surface area contributed by atoms with Gasteiger partial charge in [0.05, 0.1) is 26.4 Å². The Morgan fingerprint density at radius 3 is 2.57 bits per heavy atom. The molecule has 1 heterocycles. The van der Waals surface area contributed by atoms with Crippen molar-refractivity contribution in [1.82, 2.24) is 4.98 Å². The van der Waals surface area contributed by atoms with Crippen molar-refractivity contribution in [3.05, 3.63) is 22.5 Å². The van der Waals surface area contributed by atoms with Gasteiger partial charge in [0, 0.05) is 23.1 Å². The number of pyridine rings is 1. The lowest BCUT2D eigenvalue weighted by Crippen LogP contribution is -2.19. The van der Waals surface area contributed by atoms with Crippen molar-refractivity contribution in [3.8, 4) is 0 Å². The maximum absolute atomic E-state index is 11.8. The standard InChI is InChI=1S/C12H16F3NO3S2/c1-9-10(2-3-16-11(9)20)21-19-7-6-17-4-5-18-8-12(13,14)15/h2-3H,4-8H2,1H3,(H,16,20). The first kappa shape index (κ1) is 18.4. The summed E-state index contributed by atoms with van der Waals surface area (Å²) in [5.74, 6) is 0. The zero-order valence-electron chi connectivity index (χ0n) is 11.4. The Hall–Kier alpha value is -0.610. The molecule has 0 amide bonds. The van der Waals surface area contributed by atoms with Crippen molar-refractivity contribution in [2.24, 2.45) is 0 Å². The molecule has 0 aromatic carbocycles. The monoisotopic (exact) mass is 343 g/mol. The van der Waals surface area contributed by atoms with E-state index in [-0.39, 0.29) is 19.8 Å². The van der Waals surface area contributed by atoms with Crippen LogP contribution in [0, 0.1) is 11.6 Å². The van der Waals surface area contributed by atoms with Crippen LogP contribution >= 0.6 is 24.3 Å². The lowest BCUT2D eigenvalue weighted by Gasteiger charge is -2.08. The summed E-state index contributed by atoms with van der Waals surface area (Å²) in [4.78, 5) is 3.82. The first-order valence-corrected chi connectivity index (χ1v) is 7.25. The molecule has 0 saturated carbocycles. The van der Waals surface area contributed by atoms with Gasteiger partial charge in [0.2, 0.25) is 0 Å². The summed E-state index contributed by atoms with van der Waals surface area (Å²) in [6, 6.07) is 1.85. The molecule has 0 aliphatic heterocycles. The smallest absolute Gasteiger partial charge is 0.377 e. The van der Waals surface area contributed by atoms with Gasteiger partial charge in [-0.2, -0.15) is 13.2 Å². The second-order valence-electron chi connectivity index (χ2n) is 3.98. The Morgan fingerprint density at radius 1 is 1.19 bits per heavy atom. The Morgan fingerprint density at radius 2 is 1.86 bits per heavy atom. The minimum Gasteiger partial charge on any atom is -0.377 e. The number of alkyl halides is 3. The molecule has 0 unspecified atom stereocenters. The van der Waals surface area contributed by atoms with E-state index in [0.717, 1.165) is 10.5 Å². The first-order chi connectivity index (χ1) is 9.90. The molecule has 1 aromatic rings.